The Labute approximate surface area is 160 Å². The fourth-order valence-electron chi connectivity index (χ4n) is 2.63. The van der Waals surface area contributed by atoms with Crippen molar-refractivity contribution in [3.8, 4) is 5.75 Å². The summed E-state index contributed by atoms with van der Waals surface area (Å²) in [5.41, 5.74) is 2.85. The third-order valence-electron chi connectivity index (χ3n) is 4.54. The standard InChI is InChI=1S/C22H27NO4/c1-16(27-15-18-6-7-18)22(24)23-20-5-3-4-19(12-20)14-26-13-17-8-10-21(25-2)11-9-17/h3-5,8-12,16,18H,6-7,13-15H2,1-2H3,(H,23,24). The fraction of sp³-hybridized carbons (Fsp3) is 0.409. The highest BCUT2D eigenvalue weighted by molar-refractivity contribution is 5.93. The molecule has 1 aliphatic rings. The summed E-state index contributed by atoms with van der Waals surface area (Å²) in [5, 5.41) is 2.91. The Balaban J connectivity index is 1.45. The van der Waals surface area contributed by atoms with Crippen molar-refractivity contribution in [3.63, 3.8) is 0 Å². The number of carbonyl (C=O) groups is 1. The molecular weight excluding hydrogens is 342 g/mol. The van der Waals surface area contributed by atoms with Gasteiger partial charge in [-0.15, -0.1) is 0 Å². The molecule has 2 aromatic carbocycles. The first-order chi connectivity index (χ1) is 13.1. The van der Waals surface area contributed by atoms with Gasteiger partial charge in [0.1, 0.15) is 11.9 Å². The smallest absolute Gasteiger partial charge is 0.253 e. The highest BCUT2D eigenvalue weighted by atomic mass is 16.5. The van der Waals surface area contributed by atoms with Gasteiger partial charge in [-0.1, -0.05) is 24.3 Å². The van der Waals surface area contributed by atoms with E-state index in [9.17, 15) is 4.79 Å². The Bertz CT molecular complexity index is 740. The van der Waals surface area contributed by atoms with Crippen molar-refractivity contribution >= 4 is 11.6 Å². The van der Waals surface area contributed by atoms with Crippen molar-refractivity contribution in [3.05, 3.63) is 59.7 Å². The molecule has 1 atom stereocenters. The average molecular weight is 369 g/mol. The number of nitrogens with one attached hydrogen (secondary N) is 1. The molecule has 0 aliphatic heterocycles. The second kappa shape index (κ2) is 9.53. The number of anilines is 1. The van der Waals surface area contributed by atoms with Crippen LogP contribution in [-0.2, 0) is 27.5 Å². The molecule has 0 heterocycles. The molecule has 1 saturated carbocycles. The van der Waals surface area contributed by atoms with Crippen LogP contribution in [-0.4, -0.2) is 25.7 Å². The molecule has 1 unspecified atom stereocenters. The molecule has 0 radical (unpaired) electrons. The van der Waals surface area contributed by atoms with E-state index < -0.39 is 6.10 Å². The molecule has 27 heavy (non-hydrogen) atoms. The van der Waals surface area contributed by atoms with Gasteiger partial charge in [0.15, 0.2) is 0 Å². The molecular formula is C22H27NO4. The van der Waals surface area contributed by atoms with E-state index in [2.05, 4.69) is 5.32 Å². The molecule has 5 heteroatoms. The van der Waals surface area contributed by atoms with Crippen LogP contribution in [0.2, 0.25) is 0 Å². The fourth-order valence-corrected chi connectivity index (χ4v) is 2.63. The minimum atomic E-state index is -0.444. The van der Waals surface area contributed by atoms with Crippen LogP contribution in [0.15, 0.2) is 48.5 Å². The quantitative estimate of drug-likeness (QED) is 0.683. The van der Waals surface area contributed by atoms with Crippen molar-refractivity contribution in [1.82, 2.24) is 0 Å². The third-order valence-corrected chi connectivity index (χ3v) is 4.54. The highest BCUT2D eigenvalue weighted by Crippen LogP contribution is 2.29. The first kappa shape index (κ1) is 19.4. The maximum Gasteiger partial charge on any atom is 0.253 e. The van der Waals surface area contributed by atoms with Gasteiger partial charge >= 0.3 is 0 Å². The molecule has 1 fully saturated rings. The zero-order valence-electron chi connectivity index (χ0n) is 15.9. The van der Waals surface area contributed by atoms with Gasteiger partial charge in [-0.25, -0.2) is 0 Å². The van der Waals surface area contributed by atoms with Crippen molar-refractivity contribution < 1.29 is 19.0 Å². The summed E-state index contributed by atoms with van der Waals surface area (Å²) in [5.74, 6) is 1.36. The van der Waals surface area contributed by atoms with Gasteiger partial charge < -0.3 is 19.5 Å². The summed E-state index contributed by atoms with van der Waals surface area (Å²) in [4.78, 5) is 12.2. The predicted octanol–water partition coefficient (Wildman–Crippen LogP) is 4.17. The van der Waals surface area contributed by atoms with E-state index in [1.54, 1.807) is 14.0 Å². The number of methoxy groups -OCH3 is 1. The summed E-state index contributed by atoms with van der Waals surface area (Å²) < 4.78 is 16.5. The molecule has 0 aromatic heterocycles. The number of hydrogen-bond acceptors (Lipinski definition) is 4. The Morgan fingerprint density at radius 1 is 1.11 bits per heavy atom. The monoisotopic (exact) mass is 369 g/mol. The lowest BCUT2D eigenvalue weighted by Gasteiger charge is -2.14. The van der Waals surface area contributed by atoms with Crippen LogP contribution in [0.25, 0.3) is 0 Å². The summed E-state index contributed by atoms with van der Waals surface area (Å²) in [6, 6.07) is 15.5. The molecule has 3 rings (SSSR count). The van der Waals surface area contributed by atoms with Gasteiger partial charge in [0.2, 0.25) is 0 Å². The molecule has 0 spiro atoms. The Hall–Kier alpha value is -2.37. The van der Waals surface area contributed by atoms with Gasteiger partial charge in [0.05, 0.1) is 26.9 Å². The van der Waals surface area contributed by atoms with Crippen molar-refractivity contribution in [2.75, 3.05) is 19.0 Å². The lowest BCUT2D eigenvalue weighted by atomic mass is 10.2. The largest absolute Gasteiger partial charge is 0.497 e. The van der Waals surface area contributed by atoms with Crippen molar-refractivity contribution in [1.29, 1.82) is 0 Å². The van der Waals surface area contributed by atoms with E-state index in [1.807, 2.05) is 48.5 Å². The Morgan fingerprint density at radius 3 is 2.56 bits per heavy atom. The van der Waals surface area contributed by atoms with E-state index in [4.69, 9.17) is 14.2 Å². The maximum absolute atomic E-state index is 12.2. The maximum atomic E-state index is 12.2. The summed E-state index contributed by atoms with van der Waals surface area (Å²) >= 11 is 0. The van der Waals surface area contributed by atoms with Crippen LogP contribution in [0.1, 0.15) is 30.9 Å². The van der Waals surface area contributed by atoms with Gasteiger partial charge in [-0.2, -0.15) is 0 Å². The van der Waals surface area contributed by atoms with Gasteiger partial charge in [-0.3, -0.25) is 4.79 Å². The van der Waals surface area contributed by atoms with Crippen LogP contribution in [0.4, 0.5) is 5.69 Å². The summed E-state index contributed by atoms with van der Waals surface area (Å²) in [7, 11) is 1.65. The number of rotatable bonds is 10. The minimum Gasteiger partial charge on any atom is -0.497 e. The van der Waals surface area contributed by atoms with Crippen LogP contribution in [0.3, 0.4) is 0 Å². The zero-order valence-corrected chi connectivity index (χ0v) is 15.9. The molecule has 1 amide bonds. The number of amides is 1. The first-order valence-electron chi connectivity index (χ1n) is 9.36. The van der Waals surface area contributed by atoms with Crippen molar-refractivity contribution in [2.24, 2.45) is 5.92 Å². The van der Waals surface area contributed by atoms with E-state index in [0.717, 1.165) is 22.6 Å². The average Bonchev–Trinajstić information content (AvgIpc) is 3.51. The van der Waals surface area contributed by atoms with E-state index >= 15 is 0 Å². The second-order valence-electron chi connectivity index (χ2n) is 6.95. The summed E-state index contributed by atoms with van der Waals surface area (Å²) in [6.07, 6.45) is 1.99. The molecule has 1 N–H and O–H groups in total. The van der Waals surface area contributed by atoms with Gasteiger partial charge in [0.25, 0.3) is 5.91 Å². The van der Waals surface area contributed by atoms with E-state index in [1.165, 1.54) is 12.8 Å². The van der Waals surface area contributed by atoms with E-state index in [-0.39, 0.29) is 5.91 Å². The van der Waals surface area contributed by atoms with E-state index in [0.29, 0.717) is 25.7 Å². The predicted molar refractivity (Wildman–Crippen MR) is 105 cm³/mol. The number of ether oxygens (including phenoxy) is 3. The molecule has 144 valence electrons. The number of hydrogen-bond donors (Lipinski definition) is 1. The normalized spacial score (nSPS) is 14.6. The molecule has 1 aliphatic carbocycles. The zero-order chi connectivity index (χ0) is 19.1. The minimum absolute atomic E-state index is 0.119. The third kappa shape index (κ3) is 6.38. The number of carbonyl (C=O) groups excluding carboxylic acids is 1. The molecule has 2 aromatic rings. The lowest BCUT2D eigenvalue weighted by Crippen LogP contribution is -2.28. The van der Waals surface area contributed by atoms with Gasteiger partial charge in [-0.05, 0) is 61.1 Å². The van der Waals surface area contributed by atoms with Crippen LogP contribution in [0.5, 0.6) is 5.75 Å². The second-order valence-corrected chi connectivity index (χ2v) is 6.95. The van der Waals surface area contributed by atoms with Crippen LogP contribution in [0, 0.1) is 5.92 Å². The first-order valence-corrected chi connectivity index (χ1v) is 9.36. The lowest BCUT2D eigenvalue weighted by molar-refractivity contribution is -0.126. The topological polar surface area (TPSA) is 56.8 Å². The Kier molecular flexibility index (Phi) is 6.85. The van der Waals surface area contributed by atoms with Crippen LogP contribution >= 0.6 is 0 Å². The van der Waals surface area contributed by atoms with Crippen molar-refractivity contribution in [2.45, 2.75) is 39.1 Å². The summed E-state index contributed by atoms with van der Waals surface area (Å²) in [6.45, 7) is 3.46. The molecule has 5 nitrogen and oxygen atoms in total. The highest BCUT2D eigenvalue weighted by Gasteiger charge is 2.24. The van der Waals surface area contributed by atoms with Crippen LogP contribution < -0.4 is 10.1 Å². The SMILES string of the molecule is COc1ccc(COCc2cccc(NC(=O)C(C)OCC3CC3)c2)cc1. The Morgan fingerprint density at radius 2 is 1.85 bits per heavy atom. The molecule has 0 bridgehead atoms. The molecule has 0 saturated heterocycles. The number of benzene rings is 2. The van der Waals surface area contributed by atoms with Gasteiger partial charge in [0, 0.05) is 5.69 Å².